The average Bonchev–Trinajstić information content (AvgIpc) is 2.34. The Kier molecular flexibility index (Phi) is 3.99. The van der Waals surface area contributed by atoms with Crippen LogP contribution in [-0.4, -0.2) is 16.1 Å². The molecular weight excluding hydrogens is 250 g/mol. The van der Waals surface area contributed by atoms with Crippen molar-refractivity contribution in [3.8, 4) is 0 Å². The number of hydrogen-bond donors (Lipinski definition) is 1. The van der Waals surface area contributed by atoms with Crippen LogP contribution in [0.5, 0.6) is 0 Å². The van der Waals surface area contributed by atoms with Gasteiger partial charge in [-0.05, 0) is 37.3 Å². The monoisotopic (exact) mass is 263 g/mol. The summed E-state index contributed by atoms with van der Waals surface area (Å²) in [5.74, 6) is 0. The second kappa shape index (κ2) is 5.69. The van der Waals surface area contributed by atoms with E-state index >= 15 is 0 Å². The van der Waals surface area contributed by atoms with Gasteiger partial charge in [0.25, 0.3) is 0 Å². The maximum Gasteiger partial charge on any atom is 0.347 e. The zero-order valence-corrected chi connectivity index (χ0v) is 10.8. The Bertz CT molecular complexity index is 578. The van der Waals surface area contributed by atoms with Crippen molar-refractivity contribution in [3.05, 3.63) is 57.7 Å². The van der Waals surface area contributed by atoms with Crippen molar-refractivity contribution in [1.82, 2.24) is 9.55 Å². The van der Waals surface area contributed by atoms with E-state index in [0.717, 1.165) is 11.4 Å². The van der Waals surface area contributed by atoms with Gasteiger partial charge in [0.15, 0.2) is 0 Å². The van der Waals surface area contributed by atoms with Crippen molar-refractivity contribution in [3.63, 3.8) is 0 Å². The Labute approximate surface area is 110 Å². The zero-order chi connectivity index (χ0) is 13.0. The Morgan fingerprint density at radius 2 is 2.00 bits per heavy atom. The Morgan fingerprint density at radius 1 is 1.28 bits per heavy atom. The topological polar surface area (TPSA) is 46.9 Å². The number of nitrogens with one attached hydrogen (secondary N) is 1. The molecule has 2 aromatic rings. The molecule has 5 heteroatoms. The highest BCUT2D eigenvalue weighted by Crippen LogP contribution is 2.12. The molecule has 0 aliphatic carbocycles. The molecule has 2 rings (SSSR count). The number of benzene rings is 1. The molecular formula is C13H14ClN3O. The first-order chi connectivity index (χ1) is 8.65. The van der Waals surface area contributed by atoms with Gasteiger partial charge in [0.1, 0.15) is 0 Å². The molecule has 18 heavy (non-hydrogen) atoms. The molecule has 1 N–H and O–H groups in total. The molecule has 0 fully saturated rings. The summed E-state index contributed by atoms with van der Waals surface area (Å²) in [6.07, 6.45) is 1.76. The Hall–Kier alpha value is -1.81. The molecule has 94 valence electrons. The minimum absolute atomic E-state index is 0.215. The maximum atomic E-state index is 11.5. The predicted molar refractivity (Wildman–Crippen MR) is 73.2 cm³/mol. The summed E-state index contributed by atoms with van der Waals surface area (Å²) in [7, 11) is 0. The minimum atomic E-state index is -0.215. The molecule has 1 heterocycles. The quantitative estimate of drug-likeness (QED) is 0.921. The van der Waals surface area contributed by atoms with Crippen LogP contribution in [0.4, 0.5) is 5.69 Å². The fourth-order valence-corrected chi connectivity index (χ4v) is 1.70. The third-order valence-electron chi connectivity index (χ3n) is 2.54. The fraction of sp³-hybridized carbons (Fsp3) is 0.231. The van der Waals surface area contributed by atoms with Crippen molar-refractivity contribution in [2.24, 2.45) is 0 Å². The highest BCUT2D eigenvalue weighted by Gasteiger charge is 1.97. The second-order valence-electron chi connectivity index (χ2n) is 3.98. The number of halogens is 1. The lowest BCUT2D eigenvalue weighted by molar-refractivity contribution is 0.669. The first kappa shape index (κ1) is 12.6. The van der Waals surface area contributed by atoms with E-state index in [1.165, 1.54) is 0 Å². The van der Waals surface area contributed by atoms with Gasteiger partial charge in [-0.25, -0.2) is 4.79 Å². The van der Waals surface area contributed by atoms with Crippen LogP contribution in [0, 0.1) is 6.92 Å². The number of aryl methyl sites for hydroxylation is 1. The predicted octanol–water partition coefficient (Wildman–Crippen LogP) is 2.32. The van der Waals surface area contributed by atoms with Gasteiger partial charge in [-0.1, -0.05) is 11.6 Å². The smallest absolute Gasteiger partial charge is 0.347 e. The maximum absolute atomic E-state index is 11.5. The molecule has 1 aromatic carbocycles. The van der Waals surface area contributed by atoms with E-state index in [9.17, 15) is 4.79 Å². The molecule has 0 spiro atoms. The van der Waals surface area contributed by atoms with Crippen LogP contribution in [0.3, 0.4) is 0 Å². The van der Waals surface area contributed by atoms with Crippen LogP contribution < -0.4 is 11.0 Å². The molecule has 0 aliphatic heterocycles. The fourth-order valence-electron chi connectivity index (χ4n) is 1.57. The first-order valence-corrected chi connectivity index (χ1v) is 6.06. The van der Waals surface area contributed by atoms with Gasteiger partial charge < -0.3 is 5.32 Å². The van der Waals surface area contributed by atoms with E-state index in [1.54, 1.807) is 17.7 Å². The Morgan fingerprint density at radius 3 is 2.67 bits per heavy atom. The summed E-state index contributed by atoms with van der Waals surface area (Å²) in [5, 5.41) is 3.92. The first-order valence-electron chi connectivity index (χ1n) is 5.69. The van der Waals surface area contributed by atoms with Crippen molar-refractivity contribution in [2.45, 2.75) is 13.5 Å². The second-order valence-corrected chi connectivity index (χ2v) is 4.41. The highest BCUT2D eigenvalue weighted by molar-refractivity contribution is 6.30. The summed E-state index contributed by atoms with van der Waals surface area (Å²) in [5.41, 5.74) is 1.50. The number of hydrogen-bond acceptors (Lipinski definition) is 3. The molecule has 0 atom stereocenters. The number of nitrogens with zero attached hydrogens (tertiary/aromatic N) is 2. The van der Waals surface area contributed by atoms with Crippen LogP contribution in [0.25, 0.3) is 0 Å². The number of aromatic nitrogens is 2. The van der Waals surface area contributed by atoms with E-state index in [2.05, 4.69) is 10.3 Å². The lowest BCUT2D eigenvalue weighted by Gasteiger charge is -2.08. The van der Waals surface area contributed by atoms with Crippen molar-refractivity contribution in [1.29, 1.82) is 0 Å². The summed E-state index contributed by atoms with van der Waals surface area (Å²) in [6, 6.07) is 9.27. The van der Waals surface area contributed by atoms with Crippen molar-refractivity contribution < 1.29 is 0 Å². The highest BCUT2D eigenvalue weighted by atomic mass is 35.5. The van der Waals surface area contributed by atoms with E-state index in [0.29, 0.717) is 18.1 Å². The van der Waals surface area contributed by atoms with Gasteiger partial charge in [0.2, 0.25) is 0 Å². The van der Waals surface area contributed by atoms with Gasteiger partial charge in [0.05, 0.1) is 0 Å². The van der Waals surface area contributed by atoms with Gasteiger partial charge >= 0.3 is 5.69 Å². The number of rotatable bonds is 4. The van der Waals surface area contributed by atoms with E-state index in [1.807, 2.05) is 30.3 Å². The molecule has 0 saturated heterocycles. The third kappa shape index (κ3) is 3.34. The normalized spacial score (nSPS) is 10.3. The van der Waals surface area contributed by atoms with Crippen molar-refractivity contribution >= 4 is 17.3 Å². The molecule has 0 saturated carbocycles. The summed E-state index contributed by atoms with van der Waals surface area (Å²) < 4.78 is 1.58. The lowest BCUT2D eigenvalue weighted by Crippen LogP contribution is -2.25. The van der Waals surface area contributed by atoms with Gasteiger partial charge in [-0.3, -0.25) is 4.57 Å². The van der Waals surface area contributed by atoms with E-state index in [-0.39, 0.29) is 5.69 Å². The molecule has 1 aromatic heterocycles. The number of anilines is 1. The van der Waals surface area contributed by atoms with Gasteiger partial charge in [-0.15, -0.1) is 0 Å². The molecule has 0 bridgehead atoms. The molecule has 0 unspecified atom stereocenters. The lowest BCUT2D eigenvalue weighted by atomic mass is 10.3. The van der Waals surface area contributed by atoms with Crippen molar-refractivity contribution in [2.75, 3.05) is 11.9 Å². The van der Waals surface area contributed by atoms with Gasteiger partial charge in [0, 0.05) is 35.7 Å². The zero-order valence-electron chi connectivity index (χ0n) is 10.1. The van der Waals surface area contributed by atoms with E-state index in [4.69, 9.17) is 11.6 Å². The molecule has 0 radical (unpaired) electrons. The summed E-state index contributed by atoms with van der Waals surface area (Å²) in [6.45, 7) is 3.04. The van der Waals surface area contributed by atoms with Crippen LogP contribution in [0.15, 0.2) is 41.3 Å². The van der Waals surface area contributed by atoms with Gasteiger partial charge in [-0.2, -0.15) is 4.98 Å². The Balaban J connectivity index is 1.92. The van der Waals surface area contributed by atoms with Crippen LogP contribution in [0.1, 0.15) is 5.69 Å². The molecule has 4 nitrogen and oxygen atoms in total. The molecule has 0 aliphatic rings. The van der Waals surface area contributed by atoms with E-state index < -0.39 is 0 Å². The van der Waals surface area contributed by atoms with Crippen LogP contribution in [-0.2, 0) is 6.54 Å². The SMILES string of the molecule is Cc1ccn(CCNc2ccc(Cl)cc2)c(=O)n1. The average molecular weight is 264 g/mol. The molecule has 0 amide bonds. The van der Waals surface area contributed by atoms with Crippen LogP contribution >= 0.6 is 11.6 Å². The standard InChI is InChI=1S/C13H14ClN3O/c1-10-6-8-17(13(18)16-10)9-7-15-12-4-2-11(14)3-5-12/h2-6,8,15H,7,9H2,1H3. The summed E-state index contributed by atoms with van der Waals surface area (Å²) in [4.78, 5) is 15.4. The van der Waals surface area contributed by atoms with Crippen LogP contribution in [0.2, 0.25) is 5.02 Å². The summed E-state index contributed by atoms with van der Waals surface area (Å²) >= 11 is 5.80. The largest absolute Gasteiger partial charge is 0.383 e. The minimum Gasteiger partial charge on any atom is -0.383 e. The third-order valence-corrected chi connectivity index (χ3v) is 2.79.